The lowest BCUT2D eigenvalue weighted by Gasteiger charge is -2.37. The largest absolute Gasteiger partial charge is 0.508 e. The monoisotopic (exact) mass is 372 g/mol. The van der Waals surface area contributed by atoms with Gasteiger partial charge in [0.25, 0.3) is 0 Å². The first-order valence-electron chi connectivity index (χ1n) is 9.55. The molecule has 1 heterocycles. The number of ether oxygens (including phenoxy) is 2. The van der Waals surface area contributed by atoms with Crippen molar-refractivity contribution < 1.29 is 19.4 Å². The van der Waals surface area contributed by atoms with Gasteiger partial charge in [-0.15, -0.1) is 0 Å². The molecule has 0 saturated carbocycles. The van der Waals surface area contributed by atoms with Crippen LogP contribution in [0.25, 0.3) is 0 Å². The maximum Gasteiger partial charge on any atom is 0.340 e. The first-order chi connectivity index (χ1) is 13.6. The molecule has 140 valence electrons. The number of aromatic hydroxyl groups is 1. The van der Waals surface area contributed by atoms with Crippen LogP contribution in [0.4, 0.5) is 0 Å². The van der Waals surface area contributed by atoms with Crippen molar-refractivity contribution in [3.8, 4) is 11.5 Å². The third kappa shape index (κ3) is 2.27. The van der Waals surface area contributed by atoms with Crippen molar-refractivity contribution in [1.82, 2.24) is 0 Å². The van der Waals surface area contributed by atoms with Crippen molar-refractivity contribution in [2.75, 3.05) is 6.61 Å². The maximum atomic E-state index is 12.7. The predicted molar refractivity (Wildman–Crippen MR) is 105 cm³/mol. The molecule has 1 unspecified atom stereocenters. The van der Waals surface area contributed by atoms with Gasteiger partial charge in [-0.2, -0.15) is 0 Å². The van der Waals surface area contributed by atoms with Crippen molar-refractivity contribution in [3.05, 3.63) is 94.0 Å². The summed E-state index contributed by atoms with van der Waals surface area (Å²) in [5, 5.41) is 10.1. The number of esters is 1. The first-order valence-corrected chi connectivity index (χ1v) is 9.55. The van der Waals surface area contributed by atoms with Crippen molar-refractivity contribution in [2.45, 2.75) is 25.4 Å². The van der Waals surface area contributed by atoms with E-state index in [0.717, 1.165) is 40.0 Å². The Labute approximate surface area is 163 Å². The standard InChI is InChI=1S/C24H20O4/c1-2-11-27-18-8-10-21-16(14-18)12-15-13-17(25)7-9-20(15)24(21)22-6-4-3-5-19(22)23(26)28-24/h3-10,13-14,25H,2,11-12H2,1H3. The van der Waals surface area contributed by atoms with E-state index in [-0.39, 0.29) is 11.7 Å². The van der Waals surface area contributed by atoms with Crippen LogP contribution in [0.15, 0.2) is 60.7 Å². The molecule has 2 aliphatic rings. The van der Waals surface area contributed by atoms with Gasteiger partial charge in [-0.05, 0) is 54.3 Å². The van der Waals surface area contributed by atoms with E-state index in [1.165, 1.54) is 0 Å². The van der Waals surface area contributed by atoms with Crippen molar-refractivity contribution in [3.63, 3.8) is 0 Å². The highest BCUT2D eigenvalue weighted by Gasteiger charge is 2.52. The number of rotatable bonds is 3. The second kappa shape index (κ2) is 6.13. The third-order valence-corrected chi connectivity index (χ3v) is 5.55. The average molecular weight is 372 g/mol. The minimum atomic E-state index is -0.992. The fourth-order valence-corrected chi connectivity index (χ4v) is 4.41. The molecule has 28 heavy (non-hydrogen) atoms. The second-order valence-electron chi connectivity index (χ2n) is 7.30. The molecule has 3 aromatic rings. The summed E-state index contributed by atoms with van der Waals surface area (Å²) >= 11 is 0. The Morgan fingerprint density at radius 3 is 2.57 bits per heavy atom. The van der Waals surface area contributed by atoms with Gasteiger partial charge in [-0.3, -0.25) is 0 Å². The molecule has 1 aliphatic carbocycles. The van der Waals surface area contributed by atoms with E-state index in [9.17, 15) is 9.90 Å². The molecular weight excluding hydrogens is 352 g/mol. The van der Waals surface area contributed by atoms with Crippen molar-refractivity contribution in [2.24, 2.45) is 0 Å². The van der Waals surface area contributed by atoms with E-state index in [1.807, 2.05) is 42.5 Å². The molecule has 0 bridgehead atoms. The summed E-state index contributed by atoms with van der Waals surface area (Å²) in [5.41, 5.74) is 4.27. The number of hydrogen-bond donors (Lipinski definition) is 1. The number of phenols is 1. The molecule has 3 aromatic carbocycles. The molecule has 1 aliphatic heterocycles. The van der Waals surface area contributed by atoms with E-state index in [0.29, 0.717) is 18.6 Å². The van der Waals surface area contributed by atoms with Gasteiger partial charge in [0, 0.05) is 16.7 Å². The highest BCUT2D eigenvalue weighted by molar-refractivity contribution is 5.96. The Bertz CT molecular complexity index is 1100. The Morgan fingerprint density at radius 1 is 1.00 bits per heavy atom. The van der Waals surface area contributed by atoms with Crippen LogP contribution in [-0.4, -0.2) is 17.7 Å². The van der Waals surface area contributed by atoms with Crippen molar-refractivity contribution >= 4 is 5.97 Å². The zero-order chi connectivity index (χ0) is 19.3. The lowest BCUT2D eigenvalue weighted by molar-refractivity contribution is 0.0240. The Morgan fingerprint density at radius 2 is 1.75 bits per heavy atom. The summed E-state index contributed by atoms with van der Waals surface area (Å²) in [5.74, 6) is 0.680. The minimum Gasteiger partial charge on any atom is -0.508 e. The van der Waals surface area contributed by atoms with Crippen LogP contribution in [0.3, 0.4) is 0 Å². The summed E-state index contributed by atoms with van der Waals surface area (Å²) < 4.78 is 11.9. The smallest absolute Gasteiger partial charge is 0.340 e. The fourth-order valence-electron chi connectivity index (χ4n) is 4.41. The van der Waals surface area contributed by atoms with Gasteiger partial charge in [0.1, 0.15) is 11.5 Å². The highest BCUT2D eigenvalue weighted by atomic mass is 16.6. The van der Waals surface area contributed by atoms with Gasteiger partial charge >= 0.3 is 5.97 Å². The number of benzene rings is 3. The first kappa shape index (κ1) is 16.9. The molecule has 4 nitrogen and oxygen atoms in total. The van der Waals surface area contributed by atoms with Gasteiger partial charge in [0.05, 0.1) is 12.2 Å². The minimum absolute atomic E-state index is 0.202. The summed E-state index contributed by atoms with van der Waals surface area (Å²) in [6, 6.07) is 18.8. The van der Waals surface area contributed by atoms with Gasteiger partial charge in [-0.25, -0.2) is 4.79 Å². The van der Waals surface area contributed by atoms with Gasteiger partial charge in [-0.1, -0.05) is 37.3 Å². The van der Waals surface area contributed by atoms with Gasteiger partial charge < -0.3 is 14.6 Å². The van der Waals surface area contributed by atoms with Gasteiger partial charge in [0.15, 0.2) is 5.60 Å². The zero-order valence-electron chi connectivity index (χ0n) is 15.6. The molecule has 1 N–H and O–H groups in total. The van der Waals surface area contributed by atoms with Crippen LogP contribution < -0.4 is 4.74 Å². The number of phenolic OH excluding ortho intramolecular Hbond substituents is 1. The molecule has 0 saturated heterocycles. The van der Waals surface area contributed by atoms with E-state index in [2.05, 4.69) is 6.92 Å². The Kier molecular flexibility index (Phi) is 3.69. The molecule has 0 amide bonds. The van der Waals surface area contributed by atoms with E-state index < -0.39 is 5.60 Å². The van der Waals surface area contributed by atoms with Crippen LogP contribution in [0, 0.1) is 0 Å². The molecule has 5 rings (SSSR count). The number of carbonyl (C=O) groups excluding carboxylic acids is 1. The molecule has 0 aromatic heterocycles. The predicted octanol–water partition coefficient (Wildman–Crippen LogP) is 4.55. The summed E-state index contributed by atoms with van der Waals surface area (Å²) in [7, 11) is 0. The lowest BCUT2D eigenvalue weighted by atomic mass is 9.71. The van der Waals surface area contributed by atoms with Crippen LogP contribution >= 0.6 is 0 Å². The number of fused-ring (bicyclic) bond motifs is 6. The van der Waals surface area contributed by atoms with Crippen LogP contribution in [0.5, 0.6) is 11.5 Å². The molecule has 4 heteroatoms. The topological polar surface area (TPSA) is 55.8 Å². The van der Waals surface area contributed by atoms with E-state index in [4.69, 9.17) is 9.47 Å². The van der Waals surface area contributed by atoms with Gasteiger partial charge in [0.2, 0.25) is 0 Å². The average Bonchev–Trinajstić information content (AvgIpc) is 2.99. The van der Waals surface area contributed by atoms with E-state index in [1.54, 1.807) is 18.2 Å². The van der Waals surface area contributed by atoms with Crippen LogP contribution in [0.2, 0.25) is 0 Å². The van der Waals surface area contributed by atoms with Crippen molar-refractivity contribution in [1.29, 1.82) is 0 Å². The maximum absolute atomic E-state index is 12.7. The molecule has 0 radical (unpaired) electrons. The highest BCUT2D eigenvalue weighted by Crippen LogP contribution is 2.52. The van der Waals surface area contributed by atoms with Crippen LogP contribution in [0.1, 0.15) is 51.5 Å². The SMILES string of the molecule is CCCOc1ccc2c(c1)Cc1cc(O)ccc1C21OC(=O)c2ccccc21. The number of hydrogen-bond acceptors (Lipinski definition) is 4. The fraction of sp³-hybridized carbons (Fsp3) is 0.208. The Balaban J connectivity index is 1.78. The lowest BCUT2D eigenvalue weighted by Crippen LogP contribution is -2.35. The molecular formula is C24H20O4. The van der Waals surface area contributed by atoms with Crippen LogP contribution in [-0.2, 0) is 16.8 Å². The normalized spacial score (nSPS) is 19.0. The third-order valence-electron chi connectivity index (χ3n) is 5.55. The summed E-state index contributed by atoms with van der Waals surface area (Å²) in [6.45, 7) is 2.72. The second-order valence-corrected chi connectivity index (χ2v) is 7.30. The zero-order valence-corrected chi connectivity index (χ0v) is 15.6. The summed E-state index contributed by atoms with van der Waals surface area (Å²) in [6.07, 6.45) is 1.58. The Hall–Kier alpha value is -3.27. The summed E-state index contributed by atoms with van der Waals surface area (Å²) in [4.78, 5) is 12.7. The quantitative estimate of drug-likeness (QED) is 0.686. The van der Waals surface area contributed by atoms with E-state index >= 15 is 0 Å². The molecule has 1 atom stereocenters. The molecule has 0 fully saturated rings. The molecule has 1 spiro atoms. The number of carbonyl (C=O) groups is 1.